The Labute approximate surface area is 211 Å². The minimum Gasteiger partial charge on any atom is -0.497 e. The summed E-state index contributed by atoms with van der Waals surface area (Å²) in [6.45, 7) is 2.84. The van der Waals surface area contributed by atoms with Crippen LogP contribution in [-0.2, 0) is 17.6 Å². The lowest BCUT2D eigenvalue weighted by molar-refractivity contribution is -0.125. The topological polar surface area (TPSA) is 54.0 Å². The highest BCUT2D eigenvalue weighted by molar-refractivity contribution is 5.82. The Morgan fingerprint density at radius 1 is 0.972 bits per heavy atom. The number of piperazine rings is 1. The molecule has 2 aliphatic rings. The largest absolute Gasteiger partial charge is 0.497 e. The third-order valence-electron chi connectivity index (χ3n) is 7.33. The highest BCUT2D eigenvalue weighted by Gasteiger charge is 2.41. The second-order valence-electron chi connectivity index (χ2n) is 9.38. The molecule has 7 heteroatoms. The monoisotopic (exact) mass is 489 g/mol. The number of hydrogen-bond donors (Lipinski definition) is 1. The molecule has 0 aliphatic carbocycles. The summed E-state index contributed by atoms with van der Waals surface area (Å²) in [5.74, 6) is 1.27. The normalized spacial score (nSPS) is 18.8. The molecule has 36 heavy (non-hydrogen) atoms. The zero-order valence-electron chi connectivity index (χ0n) is 20.7. The van der Waals surface area contributed by atoms with Crippen LogP contribution in [0.2, 0.25) is 0 Å². The number of carbonyl (C=O) groups excluding carboxylic acids is 1. The molecule has 1 saturated heterocycles. The predicted molar refractivity (Wildman–Crippen MR) is 140 cm³/mol. The van der Waals surface area contributed by atoms with E-state index in [-0.39, 0.29) is 23.7 Å². The van der Waals surface area contributed by atoms with Gasteiger partial charge in [0.2, 0.25) is 5.91 Å². The van der Waals surface area contributed by atoms with E-state index in [0.29, 0.717) is 19.5 Å². The van der Waals surface area contributed by atoms with Crippen molar-refractivity contribution in [2.75, 3.05) is 50.2 Å². The molecule has 0 radical (unpaired) electrons. The van der Waals surface area contributed by atoms with Crippen molar-refractivity contribution in [2.45, 2.75) is 18.9 Å². The van der Waals surface area contributed by atoms with Crippen LogP contribution in [0.1, 0.15) is 11.1 Å². The molecule has 1 fully saturated rings. The molecule has 2 aliphatic heterocycles. The van der Waals surface area contributed by atoms with E-state index in [2.05, 4.69) is 27.2 Å². The summed E-state index contributed by atoms with van der Waals surface area (Å²) in [5.41, 5.74) is 4.43. The smallest absolute Gasteiger partial charge is 0.225 e. The van der Waals surface area contributed by atoms with Crippen LogP contribution in [0.15, 0.2) is 66.7 Å². The maximum Gasteiger partial charge on any atom is 0.225 e. The van der Waals surface area contributed by atoms with Crippen molar-refractivity contribution in [3.8, 4) is 11.5 Å². The molecule has 1 amide bonds. The number of anilines is 2. The molecule has 0 spiro atoms. The van der Waals surface area contributed by atoms with Crippen LogP contribution in [0.4, 0.5) is 15.8 Å². The highest BCUT2D eigenvalue weighted by atomic mass is 19.1. The van der Waals surface area contributed by atoms with E-state index in [0.717, 1.165) is 53.5 Å². The number of amides is 1. The average molecular weight is 490 g/mol. The van der Waals surface area contributed by atoms with Crippen molar-refractivity contribution in [1.29, 1.82) is 0 Å². The lowest BCUT2D eigenvalue weighted by Gasteiger charge is -2.49. The number of benzene rings is 3. The van der Waals surface area contributed by atoms with Gasteiger partial charge in [0.15, 0.2) is 0 Å². The molecule has 0 unspecified atom stereocenters. The number of halogens is 1. The van der Waals surface area contributed by atoms with E-state index in [1.807, 2.05) is 42.5 Å². The number of hydrogen-bond acceptors (Lipinski definition) is 5. The van der Waals surface area contributed by atoms with Gasteiger partial charge in [-0.1, -0.05) is 18.2 Å². The van der Waals surface area contributed by atoms with Gasteiger partial charge in [0.1, 0.15) is 17.3 Å². The molecule has 2 heterocycles. The second kappa shape index (κ2) is 10.5. The fourth-order valence-corrected chi connectivity index (χ4v) is 5.34. The minimum atomic E-state index is -0.245. The Bertz CT molecular complexity index is 1200. The fourth-order valence-electron chi connectivity index (χ4n) is 5.34. The minimum absolute atomic E-state index is 0.00407. The summed E-state index contributed by atoms with van der Waals surface area (Å²) in [6.07, 6.45) is 1.43. The van der Waals surface area contributed by atoms with Gasteiger partial charge in [-0.05, 0) is 66.4 Å². The molecule has 188 valence electrons. The molecule has 3 aromatic rings. The van der Waals surface area contributed by atoms with Gasteiger partial charge in [0.25, 0.3) is 0 Å². The first-order valence-electron chi connectivity index (χ1n) is 12.4. The van der Waals surface area contributed by atoms with Crippen molar-refractivity contribution in [2.24, 2.45) is 5.92 Å². The van der Waals surface area contributed by atoms with Crippen LogP contribution in [0, 0.1) is 11.7 Å². The van der Waals surface area contributed by atoms with Gasteiger partial charge >= 0.3 is 0 Å². The number of nitrogens with one attached hydrogen (secondary N) is 1. The lowest BCUT2D eigenvalue weighted by atomic mass is 9.83. The standard InChI is InChI=1S/C29H32FN3O3/c1-35-24-10-3-20(4-11-24)13-14-31-29(34)26-17-21-5-12-25(36-2)18-27(21)33-16-15-32(19-28(26)33)23-8-6-22(30)7-9-23/h3-12,18,26,28H,13-17,19H2,1-2H3,(H,31,34)/t26-,28-/m1/s1. The Kier molecular flexibility index (Phi) is 6.98. The highest BCUT2D eigenvalue weighted by Crippen LogP contribution is 2.39. The first-order chi connectivity index (χ1) is 17.6. The Balaban J connectivity index is 1.34. The summed E-state index contributed by atoms with van der Waals surface area (Å²) in [6, 6.07) is 20.7. The van der Waals surface area contributed by atoms with Crippen LogP contribution in [-0.4, -0.2) is 52.3 Å². The Morgan fingerprint density at radius 2 is 1.69 bits per heavy atom. The molecule has 0 saturated carbocycles. The quantitative estimate of drug-likeness (QED) is 0.542. The van der Waals surface area contributed by atoms with E-state index in [1.54, 1.807) is 14.2 Å². The Morgan fingerprint density at radius 3 is 2.42 bits per heavy atom. The second-order valence-corrected chi connectivity index (χ2v) is 9.38. The average Bonchev–Trinajstić information content (AvgIpc) is 2.92. The fraction of sp³-hybridized carbons (Fsp3) is 0.345. The first kappa shape index (κ1) is 24.0. The number of ether oxygens (including phenoxy) is 2. The van der Waals surface area contributed by atoms with Crippen LogP contribution in [0.5, 0.6) is 11.5 Å². The maximum absolute atomic E-state index is 13.5. The zero-order valence-corrected chi connectivity index (χ0v) is 20.7. The summed E-state index contributed by atoms with van der Waals surface area (Å²) in [5, 5.41) is 3.19. The summed E-state index contributed by atoms with van der Waals surface area (Å²) >= 11 is 0. The van der Waals surface area contributed by atoms with E-state index >= 15 is 0 Å². The summed E-state index contributed by atoms with van der Waals surface area (Å²) in [7, 11) is 3.33. The first-order valence-corrected chi connectivity index (χ1v) is 12.4. The van der Waals surface area contributed by atoms with Crippen molar-refractivity contribution in [3.05, 3.63) is 83.7 Å². The predicted octanol–water partition coefficient (Wildman–Crippen LogP) is 4.07. The number of fused-ring (bicyclic) bond motifs is 3. The van der Waals surface area contributed by atoms with Crippen molar-refractivity contribution in [3.63, 3.8) is 0 Å². The number of methoxy groups -OCH3 is 2. The maximum atomic E-state index is 13.5. The van der Waals surface area contributed by atoms with Crippen molar-refractivity contribution >= 4 is 17.3 Å². The number of rotatable bonds is 7. The van der Waals surface area contributed by atoms with Gasteiger partial charge in [-0.15, -0.1) is 0 Å². The van der Waals surface area contributed by atoms with E-state index < -0.39 is 0 Å². The molecule has 2 atom stereocenters. The van der Waals surface area contributed by atoms with E-state index in [1.165, 1.54) is 12.1 Å². The lowest BCUT2D eigenvalue weighted by Crippen LogP contribution is -2.61. The molecule has 6 nitrogen and oxygen atoms in total. The summed E-state index contributed by atoms with van der Waals surface area (Å²) < 4.78 is 24.2. The van der Waals surface area contributed by atoms with Gasteiger partial charge in [-0.2, -0.15) is 0 Å². The molecule has 0 aromatic heterocycles. The zero-order chi connectivity index (χ0) is 25.1. The van der Waals surface area contributed by atoms with Crippen molar-refractivity contribution < 1.29 is 18.7 Å². The van der Waals surface area contributed by atoms with Gasteiger partial charge < -0.3 is 24.6 Å². The van der Waals surface area contributed by atoms with Gasteiger partial charge in [0.05, 0.1) is 26.2 Å². The molecule has 3 aromatic carbocycles. The molecular formula is C29H32FN3O3. The van der Waals surface area contributed by atoms with Gasteiger partial charge in [-0.25, -0.2) is 4.39 Å². The SMILES string of the molecule is COc1ccc(CCNC(=O)[C@@H]2Cc3ccc(OC)cc3N3CCN(c4ccc(F)cc4)C[C@H]23)cc1. The molecule has 0 bridgehead atoms. The van der Waals surface area contributed by atoms with E-state index in [9.17, 15) is 9.18 Å². The number of nitrogens with zero attached hydrogens (tertiary/aromatic N) is 2. The van der Waals surface area contributed by atoms with Gasteiger partial charge in [0, 0.05) is 43.6 Å². The van der Waals surface area contributed by atoms with Crippen LogP contribution < -0.4 is 24.6 Å². The summed E-state index contributed by atoms with van der Waals surface area (Å²) in [4.78, 5) is 18.1. The van der Waals surface area contributed by atoms with E-state index in [4.69, 9.17) is 9.47 Å². The van der Waals surface area contributed by atoms with Gasteiger partial charge in [-0.3, -0.25) is 4.79 Å². The number of carbonyl (C=O) groups is 1. The third-order valence-corrected chi connectivity index (χ3v) is 7.33. The molecule has 5 rings (SSSR count). The Hall–Kier alpha value is -3.74. The van der Waals surface area contributed by atoms with Crippen LogP contribution in [0.3, 0.4) is 0 Å². The molecular weight excluding hydrogens is 457 g/mol. The molecule has 1 N–H and O–H groups in total. The van der Waals surface area contributed by atoms with Crippen LogP contribution >= 0.6 is 0 Å². The van der Waals surface area contributed by atoms with Crippen molar-refractivity contribution in [1.82, 2.24) is 5.32 Å². The third kappa shape index (κ3) is 4.96. The van der Waals surface area contributed by atoms with Crippen LogP contribution in [0.25, 0.3) is 0 Å².